The Bertz CT molecular complexity index is 503. The summed E-state index contributed by atoms with van der Waals surface area (Å²) in [5.74, 6) is 1.40. The molecule has 0 unspecified atom stereocenters. The third kappa shape index (κ3) is 2.54. The number of hydrogen-bond acceptors (Lipinski definition) is 4. The minimum Gasteiger partial charge on any atom is -0.339 e. The standard InChI is InChI=1S/C15H21N3O/c1-3-15(4-2,12-8-6-5-7-9-12)14-17-13(10-11-16)19-18-14/h5-9H,3-4,10-11,16H2,1-2H3. The maximum atomic E-state index is 5.53. The molecule has 0 bridgehead atoms. The number of benzene rings is 1. The molecule has 102 valence electrons. The van der Waals surface area contributed by atoms with Gasteiger partial charge in [-0.25, -0.2) is 0 Å². The van der Waals surface area contributed by atoms with Crippen molar-refractivity contribution in [2.75, 3.05) is 6.54 Å². The lowest BCUT2D eigenvalue weighted by molar-refractivity contribution is 0.354. The molecule has 1 aromatic carbocycles. The smallest absolute Gasteiger partial charge is 0.227 e. The van der Waals surface area contributed by atoms with Gasteiger partial charge in [-0.05, 0) is 18.4 Å². The molecule has 0 aliphatic heterocycles. The largest absolute Gasteiger partial charge is 0.339 e. The first-order valence-electron chi connectivity index (χ1n) is 6.85. The SMILES string of the molecule is CCC(CC)(c1ccccc1)c1noc(CCN)n1. The molecule has 2 N–H and O–H groups in total. The van der Waals surface area contributed by atoms with Gasteiger partial charge >= 0.3 is 0 Å². The first-order chi connectivity index (χ1) is 9.26. The van der Waals surface area contributed by atoms with E-state index < -0.39 is 0 Å². The van der Waals surface area contributed by atoms with Gasteiger partial charge < -0.3 is 10.3 Å². The van der Waals surface area contributed by atoms with Crippen molar-refractivity contribution in [2.45, 2.75) is 38.5 Å². The van der Waals surface area contributed by atoms with Crippen LogP contribution < -0.4 is 5.73 Å². The van der Waals surface area contributed by atoms with Crippen LogP contribution in [0.1, 0.15) is 44.0 Å². The molecular formula is C15H21N3O. The number of aromatic nitrogens is 2. The van der Waals surface area contributed by atoms with Gasteiger partial charge in [-0.1, -0.05) is 49.3 Å². The Morgan fingerprint density at radius 2 is 1.84 bits per heavy atom. The molecule has 0 spiro atoms. The summed E-state index contributed by atoms with van der Waals surface area (Å²) in [5.41, 5.74) is 6.59. The number of nitrogens with two attached hydrogens (primary N) is 1. The minimum absolute atomic E-state index is 0.169. The zero-order chi connectivity index (χ0) is 13.7. The van der Waals surface area contributed by atoms with Gasteiger partial charge in [0.2, 0.25) is 5.89 Å². The van der Waals surface area contributed by atoms with Crippen LogP contribution in [0.3, 0.4) is 0 Å². The highest BCUT2D eigenvalue weighted by atomic mass is 16.5. The number of hydrogen-bond donors (Lipinski definition) is 1. The second kappa shape index (κ2) is 5.97. The van der Waals surface area contributed by atoms with Crippen molar-refractivity contribution in [3.63, 3.8) is 0 Å². The highest BCUT2D eigenvalue weighted by Crippen LogP contribution is 2.36. The van der Waals surface area contributed by atoms with Crippen LogP contribution in [0.5, 0.6) is 0 Å². The molecule has 1 heterocycles. The lowest BCUT2D eigenvalue weighted by Gasteiger charge is -2.28. The second-order valence-corrected chi connectivity index (χ2v) is 4.71. The zero-order valence-electron chi connectivity index (χ0n) is 11.6. The highest BCUT2D eigenvalue weighted by Gasteiger charge is 2.35. The highest BCUT2D eigenvalue weighted by molar-refractivity contribution is 5.32. The summed E-state index contributed by atoms with van der Waals surface area (Å²) >= 11 is 0. The molecule has 0 radical (unpaired) electrons. The van der Waals surface area contributed by atoms with E-state index in [2.05, 4.69) is 48.3 Å². The van der Waals surface area contributed by atoms with Crippen molar-refractivity contribution in [1.29, 1.82) is 0 Å². The monoisotopic (exact) mass is 259 g/mol. The lowest BCUT2D eigenvalue weighted by atomic mass is 9.75. The van der Waals surface area contributed by atoms with Crippen LogP contribution in [0.2, 0.25) is 0 Å². The van der Waals surface area contributed by atoms with Crippen LogP contribution in [0.4, 0.5) is 0 Å². The van der Waals surface area contributed by atoms with Crippen LogP contribution in [0, 0.1) is 0 Å². The molecule has 2 aromatic rings. The van der Waals surface area contributed by atoms with E-state index in [0.717, 1.165) is 18.7 Å². The van der Waals surface area contributed by atoms with E-state index in [4.69, 9.17) is 10.3 Å². The first-order valence-corrected chi connectivity index (χ1v) is 6.85. The number of rotatable bonds is 6. The minimum atomic E-state index is -0.169. The van der Waals surface area contributed by atoms with Crippen LogP contribution >= 0.6 is 0 Å². The van der Waals surface area contributed by atoms with Crippen molar-refractivity contribution in [2.24, 2.45) is 5.73 Å². The summed E-state index contributed by atoms with van der Waals surface area (Å²) in [6, 6.07) is 10.4. The van der Waals surface area contributed by atoms with Gasteiger partial charge in [-0.3, -0.25) is 0 Å². The molecule has 0 aliphatic carbocycles. The molecule has 0 saturated carbocycles. The van der Waals surface area contributed by atoms with E-state index in [-0.39, 0.29) is 5.41 Å². The molecular weight excluding hydrogens is 238 g/mol. The fourth-order valence-electron chi connectivity index (χ4n) is 2.54. The summed E-state index contributed by atoms with van der Waals surface area (Å²) in [4.78, 5) is 4.53. The van der Waals surface area contributed by atoms with Crippen molar-refractivity contribution in [3.8, 4) is 0 Å². The molecule has 4 nitrogen and oxygen atoms in total. The van der Waals surface area contributed by atoms with Crippen molar-refractivity contribution in [1.82, 2.24) is 10.1 Å². The molecule has 0 amide bonds. The fraction of sp³-hybridized carbons (Fsp3) is 0.467. The third-order valence-electron chi connectivity index (χ3n) is 3.79. The Labute approximate surface area is 114 Å². The summed E-state index contributed by atoms with van der Waals surface area (Å²) in [5, 5.41) is 4.18. The van der Waals surface area contributed by atoms with Crippen molar-refractivity contribution < 1.29 is 4.52 Å². The average molecular weight is 259 g/mol. The molecule has 0 fully saturated rings. The van der Waals surface area contributed by atoms with Gasteiger partial charge in [0, 0.05) is 13.0 Å². The van der Waals surface area contributed by atoms with E-state index >= 15 is 0 Å². The third-order valence-corrected chi connectivity index (χ3v) is 3.79. The quantitative estimate of drug-likeness (QED) is 0.866. The van der Waals surface area contributed by atoms with E-state index in [9.17, 15) is 0 Å². The summed E-state index contributed by atoms with van der Waals surface area (Å²) < 4.78 is 5.30. The molecule has 0 aliphatic rings. The summed E-state index contributed by atoms with van der Waals surface area (Å²) in [6.07, 6.45) is 2.51. The number of nitrogens with zero attached hydrogens (tertiary/aromatic N) is 2. The van der Waals surface area contributed by atoms with Crippen molar-refractivity contribution in [3.05, 3.63) is 47.6 Å². The Balaban J connectivity index is 2.43. The average Bonchev–Trinajstić information content (AvgIpc) is 2.92. The predicted molar refractivity (Wildman–Crippen MR) is 74.9 cm³/mol. The topological polar surface area (TPSA) is 64.9 Å². The molecule has 0 saturated heterocycles. The maximum Gasteiger partial charge on any atom is 0.227 e. The van der Waals surface area contributed by atoms with Gasteiger partial charge in [0.1, 0.15) is 0 Å². The molecule has 19 heavy (non-hydrogen) atoms. The van der Waals surface area contributed by atoms with E-state index in [1.54, 1.807) is 0 Å². The molecule has 4 heteroatoms. The fourth-order valence-corrected chi connectivity index (χ4v) is 2.54. The normalized spacial score (nSPS) is 11.7. The molecule has 2 rings (SSSR count). The van der Waals surface area contributed by atoms with E-state index in [1.165, 1.54) is 5.56 Å². The first kappa shape index (κ1) is 13.7. The van der Waals surface area contributed by atoms with Gasteiger partial charge in [0.15, 0.2) is 5.82 Å². The van der Waals surface area contributed by atoms with Gasteiger partial charge in [-0.15, -0.1) is 0 Å². The molecule has 1 aromatic heterocycles. The van der Waals surface area contributed by atoms with E-state index in [1.807, 2.05) is 6.07 Å². The second-order valence-electron chi connectivity index (χ2n) is 4.71. The molecule has 0 atom stereocenters. The Morgan fingerprint density at radius 1 is 1.16 bits per heavy atom. The Morgan fingerprint density at radius 3 is 2.42 bits per heavy atom. The summed E-state index contributed by atoms with van der Waals surface area (Å²) in [6.45, 7) is 4.85. The maximum absolute atomic E-state index is 5.53. The summed E-state index contributed by atoms with van der Waals surface area (Å²) in [7, 11) is 0. The van der Waals surface area contributed by atoms with E-state index in [0.29, 0.717) is 18.9 Å². The van der Waals surface area contributed by atoms with Gasteiger partial charge in [-0.2, -0.15) is 4.98 Å². The van der Waals surface area contributed by atoms with Crippen LogP contribution in [-0.4, -0.2) is 16.7 Å². The van der Waals surface area contributed by atoms with Crippen LogP contribution in [-0.2, 0) is 11.8 Å². The Kier molecular flexibility index (Phi) is 4.32. The van der Waals surface area contributed by atoms with Crippen LogP contribution in [0.15, 0.2) is 34.9 Å². The van der Waals surface area contributed by atoms with Gasteiger partial charge in [0.05, 0.1) is 5.41 Å². The zero-order valence-corrected chi connectivity index (χ0v) is 11.6. The van der Waals surface area contributed by atoms with Gasteiger partial charge in [0.25, 0.3) is 0 Å². The van der Waals surface area contributed by atoms with Crippen molar-refractivity contribution >= 4 is 0 Å². The lowest BCUT2D eigenvalue weighted by Crippen LogP contribution is -2.27. The Hall–Kier alpha value is -1.68. The predicted octanol–water partition coefficient (Wildman–Crippen LogP) is 2.68. The van der Waals surface area contributed by atoms with Crippen LogP contribution in [0.25, 0.3) is 0 Å².